The van der Waals surface area contributed by atoms with E-state index in [0.717, 1.165) is 29.8 Å². The Morgan fingerprint density at radius 1 is 1.38 bits per heavy atom. The standard InChI is InChI=1S/C17H28N2O2/c1-6-9-18-15-7-8-16(14(4)12-15)17(20)19(13(2)3)10-11-21-5/h7-8,12-13,18H,6,9-11H2,1-5H3. The minimum atomic E-state index is 0.0709. The van der Waals surface area contributed by atoms with E-state index in [2.05, 4.69) is 12.2 Å². The van der Waals surface area contributed by atoms with Gasteiger partial charge < -0.3 is 15.0 Å². The first kappa shape index (κ1) is 17.5. The molecule has 0 unspecified atom stereocenters. The predicted octanol–water partition coefficient (Wildman–Crippen LogP) is 3.31. The lowest BCUT2D eigenvalue weighted by Gasteiger charge is -2.27. The van der Waals surface area contributed by atoms with Crippen LogP contribution in [0.3, 0.4) is 0 Å². The van der Waals surface area contributed by atoms with Gasteiger partial charge in [0.05, 0.1) is 6.61 Å². The smallest absolute Gasteiger partial charge is 0.254 e. The SMILES string of the molecule is CCCNc1ccc(C(=O)N(CCOC)C(C)C)c(C)c1. The number of carbonyl (C=O) groups excluding carboxylic acids is 1. The molecule has 0 atom stereocenters. The van der Waals surface area contributed by atoms with Crippen LogP contribution in [-0.4, -0.2) is 43.7 Å². The molecule has 0 saturated heterocycles. The summed E-state index contributed by atoms with van der Waals surface area (Å²) < 4.78 is 5.10. The molecule has 0 aliphatic rings. The fourth-order valence-electron chi connectivity index (χ4n) is 2.22. The third kappa shape index (κ3) is 5.05. The Morgan fingerprint density at radius 2 is 2.10 bits per heavy atom. The molecule has 4 heteroatoms. The second-order valence-corrected chi connectivity index (χ2v) is 5.54. The van der Waals surface area contributed by atoms with Gasteiger partial charge in [-0.05, 0) is 51.0 Å². The van der Waals surface area contributed by atoms with Crippen molar-refractivity contribution in [3.05, 3.63) is 29.3 Å². The third-order valence-corrected chi connectivity index (χ3v) is 3.46. The lowest BCUT2D eigenvalue weighted by atomic mass is 10.1. The molecule has 1 N–H and O–H groups in total. The van der Waals surface area contributed by atoms with Crippen LogP contribution in [0.4, 0.5) is 5.69 Å². The Hall–Kier alpha value is -1.55. The van der Waals surface area contributed by atoms with Gasteiger partial charge in [0.1, 0.15) is 0 Å². The number of carbonyl (C=O) groups is 1. The molecule has 0 aliphatic carbocycles. The second kappa shape index (κ2) is 8.67. The summed E-state index contributed by atoms with van der Waals surface area (Å²) in [5.41, 5.74) is 2.84. The molecule has 1 aromatic carbocycles. The number of ether oxygens (including phenoxy) is 1. The van der Waals surface area contributed by atoms with Gasteiger partial charge >= 0.3 is 0 Å². The molecule has 4 nitrogen and oxygen atoms in total. The van der Waals surface area contributed by atoms with Crippen LogP contribution in [0.1, 0.15) is 43.1 Å². The zero-order valence-electron chi connectivity index (χ0n) is 13.9. The minimum Gasteiger partial charge on any atom is -0.385 e. The van der Waals surface area contributed by atoms with Crippen LogP contribution < -0.4 is 5.32 Å². The molecule has 0 fully saturated rings. The number of anilines is 1. The number of hydrogen-bond acceptors (Lipinski definition) is 3. The summed E-state index contributed by atoms with van der Waals surface area (Å²) in [6.45, 7) is 10.3. The van der Waals surface area contributed by atoms with Crippen molar-refractivity contribution < 1.29 is 9.53 Å². The molecule has 0 heterocycles. The van der Waals surface area contributed by atoms with Crippen molar-refractivity contribution in [1.29, 1.82) is 0 Å². The number of benzene rings is 1. The maximum absolute atomic E-state index is 12.7. The Labute approximate surface area is 128 Å². The van der Waals surface area contributed by atoms with Gasteiger partial charge in [-0.3, -0.25) is 4.79 Å². The zero-order chi connectivity index (χ0) is 15.8. The molecular formula is C17H28N2O2. The van der Waals surface area contributed by atoms with E-state index >= 15 is 0 Å². The zero-order valence-corrected chi connectivity index (χ0v) is 13.9. The Bertz CT molecular complexity index is 458. The summed E-state index contributed by atoms with van der Waals surface area (Å²) in [4.78, 5) is 14.5. The topological polar surface area (TPSA) is 41.6 Å². The van der Waals surface area contributed by atoms with Crippen molar-refractivity contribution >= 4 is 11.6 Å². The highest BCUT2D eigenvalue weighted by Crippen LogP contribution is 2.18. The van der Waals surface area contributed by atoms with Crippen molar-refractivity contribution in [2.45, 2.75) is 40.2 Å². The number of rotatable bonds is 8. The first-order valence-corrected chi connectivity index (χ1v) is 7.65. The molecule has 0 spiro atoms. The lowest BCUT2D eigenvalue weighted by molar-refractivity contribution is 0.0634. The predicted molar refractivity (Wildman–Crippen MR) is 88.0 cm³/mol. The van der Waals surface area contributed by atoms with Crippen molar-refractivity contribution in [3.63, 3.8) is 0 Å². The molecule has 0 saturated carbocycles. The highest BCUT2D eigenvalue weighted by molar-refractivity contribution is 5.96. The van der Waals surface area contributed by atoms with E-state index in [9.17, 15) is 4.79 Å². The molecule has 0 radical (unpaired) electrons. The van der Waals surface area contributed by atoms with E-state index in [1.165, 1.54) is 0 Å². The van der Waals surface area contributed by atoms with E-state index in [1.54, 1.807) is 7.11 Å². The van der Waals surface area contributed by atoms with Gasteiger partial charge in [-0.2, -0.15) is 0 Å². The quantitative estimate of drug-likeness (QED) is 0.799. The van der Waals surface area contributed by atoms with Crippen LogP contribution in [0, 0.1) is 6.92 Å². The van der Waals surface area contributed by atoms with E-state index in [1.807, 2.05) is 43.9 Å². The molecule has 1 aromatic rings. The highest BCUT2D eigenvalue weighted by Gasteiger charge is 2.20. The number of methoxy groups -OCH3 is 1. The van der Waals surface area contributed by atoms with Crippen LogP contribution in [-0.2, 0) is 4.74 Å². The van der Waals surface area contributed by atoms with Crippen molar-refractivity contribution in [2.75, 3.05) is 32.1 Å². The summed E-state index contributed by atoms with van der Waals surface area (Å²) in [6.07, 6.45) is 1.08. The van der Waals surface area contributed by atoms with E-state index in [4.69, 9.17) is 4.74 Å². The van der Waals surface area contributed by atoms with Gasteiger partial charge in [-0.25, -0.2) is 0 Å². The fraction of sp³-hybridized carbons (Fsp3) is 0.588. The van der Waals surface area contributed by atoms with Crippen LogP contribution in [0.15, 0.2) is 18.2 Å². The molecule has 118 valence electrons. The summed E-state index contributed by atoms with van der Waals surface area (Å²) in [5.74, 6) is 0.0709. The normalized spacial score (nSPS) is 10.8. The van der Waals surface area contributed by atoms with Crippen LogP contribution in [0.5, 0.6) is 0 Å². The van der Waals surface area contributed by atoms with Crippen LogP contribution in [0.25, 0.3) is 0 Å². The van der Waals surface area contributed by atoms with Crippen molar-refractivity contribution in [1.82, 2.24) is 4.90 Å². The summed E-state index contributed by atoms with van der Waals surface area (Å²) >= 11 is 0. The van der Waals surface area contributed by atoms with Gasteiger partial charge in [0, 0.05) is 37.5 Å². The third-order valence-electron chi connectivity index (χ3n) is 3.46. The van der Waals surface area contributed by atoms with Crippen molar-refractivity contribution in [2.24, 2.45) is 0 Å². The largest absolute Gasteiger partial charge is 0.385 e. The molecule has 1 rings (SSSR count). The highest BCUT2D eigenvalue weighted by atomic mass is 16.5. The minimum absolute atomic E-state index is 0.0709. The number of hydrogen-bond donors (Lipinski definition) is 1. The molecule has 0 bridgehead atoms. The fourth-order valence-corrected chi connectivity index (χ4v) is 2.22. The van der Waals surface area contributed by atoms with E-state index in [0.29, 0.717) is 13.2 Å². The number of nitrogens with zero attached hydrogens (tertiary/aromatic N) is 1. The average molecular weight is 292 g/mol. The Balaban J connectivity index is 2.89. The lowest BCUT2D eigenvalue weighted by Crippen LogP contribution is -2.39. The summed E-state index contributed by atoms with van der Waals surface area (Å²) in [5, 5.41) is 3.34. The number of amides is 1. The van der Waals surface area contributed by atoms with Gasteiger partial charge in [-0.15, -0.1) is 0 Å². The van der Waals surface area contributed by atoms with E-state index < -0.39 is 0 Å². The summed E-state index contributed by atoms with van der Waals surface area (Å²) in [7, 11) is 1.66. The molecule has 0 aromatic heterocycles. The van der Waals surface area contributed by atoms with Crippen molar-refractivity contribution in [3.8, 4) is 0 Å². The number of nitrogens with one attached hydrogen (secondary N) is 1. The first-order valence-electron chi connectivity index (χ1n) is 7.65. The Morgan fingerprint density at radius 3 is 2.62 bits per heavy atom. The maximum atomic E-state index is 12.7. The molecule has 1 amide bonds. The van der Waals surface area contributed by atoms with Crippen LogP contribution in [0.2, 0.25) is 0 Å². The average Bonchev–Trinajstić information content (AvgIpc) is 2.45. The van der Waals surface area contributed by atoms with Gasteiger partial charge in [0.25, 0.3) is 5.91 Å². The Kier molecular flexibility index (Phi) is 7.23. The first-order chi connectivity index (χ1) is 10.0. The van der Waals surface area contributed by atoms with Gasteiger partial charge in [0.2, 0.25) is 0 Å². The second-order valence-electron chi connectivity index (χ2n) is 5.54. The molecular weight excluding hydrogens is 264 g/mol. The number of aryl methyl sites for hydroxylation is 1. The summed E-state index contributed by atoms with van der Waals surface area (Å²) in [6, 6.07) is 6.09. The van der Waals surface area contributed by atoms with Crippen LogP contribution >= 0.6 is 0 Å². The maximum Gasteiger partial charge on any atom is 0.254 e. The monoisotopic (exact) mass is 292 g/mol. The van der Waals surface area contributed by atoms with Gasteiger partial charge in [-0.1, -0.05) is 6.92 Å². The molecule has 21 heavy (non-hydrogen) atoms. The molecule has 0 aliphatic heterocycles. The van der Waals surface area contributed by atoms with E-state index in [-0.39, 0.29) is 11.9 Å². The van der Waals surface area contributed by atoms with Gasteiger partial charge in [0.15, 0.2) is 0 Å².